The minimum atomic E-state index is 0.336. The normalized spacial score (nSPS) is 23.1. The van der Waals surface area contributed by atoms with E-state index in [0.29, 0.717) is 5.92 Å². The number of aryl methyl sites for hydroxylation is 2. The second kappa shape index (κ2) is 6.19. The molecule has 0 spiro atoms. The minimum absolute atomic E-state index is 0.336. The Morgan fingerprint density at radius 1 is 1.47 bits per heavy atom. The molecule has 1 fully saturated rings. The Balaban J connectivity index is 2.03. The summed E-state index contributed by atoms with van der Waals surface area (Å²) in [5.74, 6) is 0.336. The van der Waals surface area contributed by atoms with Crippen LogP contribution in [0.4, 0.5) is 0 Å². The summed E-state index contributed by atoms with van der Waals surface area (Å²) in [7, 11) is 0. The molecule has 5 heteroatoms. The van der Waals surface area contributed by atoms with Gasteiger partial charge in [-0.1, -0.05) is 19.0 Å². The summed E-state index contributed by atoms with van der Waals surface area (Å²) in [6.07, 6.45) is 1.84. The largest absolute Gasteiger partial charge is 0.411 e. The Morgan fingerprint density at radius 2 is 2.26 bits per heavy atom. The fraction of sp³-hybridized carbons (Fsp3) is 0.714. The van der Waals surface area contributed by atoms with Crippen molar-refractivity contribution in [1.29, 1.82) is 0 Å². The van der Waals surface area contributed by atoms with Gasteiger partial charge in [-0.2, -0.15) is 5.10 Å². The molecule has 1 aliphatic heterocycles. The Hall–Kier alpha value is -1.36. The van der Waals surface area contributed by atoms with Gasteiger partial charge < -0.3 is 5.21 Å². The molecule has 1 N–H and O–H groups in total. The van der Waals surface area contributed by atoms with Gasteiger partial charge in [-0.3, -0.25) is 9.58 Å². The van der Waals surface area contributed by atoms with E-state index >= 15 is 0 Å². The number of piperidine rings is 1. The molecular weight excluding hydrogens is 240 g/mol. The Kier molecular flexibility index (Phi) is 4.58. The first kappa shape index (κ1) is 14.1. The van der Waals surface area contributed by atoms with Crippen LogP contribution in [0.15, 0.2) is 11.2 Å². The molecule has 1 aliphatic rings. The van der Waals surface area contributed by atoms with Crippen molar-refractivity contribution in [2.24, 2.45) is 11.1 Å². The van der Waals surface area contributed by atoms with Crippen LogP contribution >= 0.6 is 0 Å². The zero-order chi connectivity index (χ0) is 13.8. The lowest BCUT2D eigenvalue weighted by atomic mass is 9.97. The highest BCUT2D eigenvalue weighted by molar-refractivity contribution is 5.86. The van der Waals surface area contributed by atoms with Gasteiger partial charge in [0, 0.05) is 38.5 Å². The molecule has 106 valence electrons. The van der Waals surface area contributed by atoms with E-state index in [1.807, 2.05) is 0 Å². The average Bonchev–Trinajstić information content (AvgIpc) is 2.81. The second-order valence-electron chi connectivity index (χ2n) is 5.27. The molecule has 1 atom stereocenters. The maximum atomic E-state index is 8.91. The first-order valence-electron chi connectivity index (χ1n) is 7.16. The standard InChI is InChI=1S/C14H24N4O/c1-4-12-8-13(18(5-2)15-12)10-17-7-6-14(16-19)11(3)9-17/h8,11,19H,4-7,9-10H2,1-3H3/b16-14-. The second-order valence-corrected chi connectivity index (χ2v) is 5.27. The van der Waals surface area contributed by atoms with Gasteiger partial charge in [-0.15, -0.1) is 0 Å². The maximum absolute atomic E-state index is 8.91. The number of hydrogen-bond acceptors (Lipinski definition) is 4. The maximum Gasteiger partial charge on any atom is 0.0625 e. The van der Waals surface area contributed by atoms with Crippen LogP contribution in [0.25, 0.3) is 0 Å². The van der Waals surface area contributed by atoms with E-state index < -0.39 is 0 Å². The lowest BCUT2D eigenvalue weighted by Crippen LogP contribution is -2.39. The number of nitrogens with zero attached hydrogens (tertiary/aromatic N) is 4. The molecule has 0 aliphatic carbocycles. The average molecular weight is 264 g/mol. The molecule has 5 nitrogen and oxygen atoms in total. The molecule has 1 unspecified atom stereocenters. The first-order valence-corrected chi connectivity index (χ1v) is 7.16. The first-order chi connectivity index (χ1) is 9.17. The van der Waals surface area contributed by atoms with Gasteiger partial charge in [-0.25, -0.2) is 0 Å². The van der Waals surface area contributed by atoms with Crippen molar-refractivity contribution < 1.29 is 5.21 Å². The van der Waals surface area contributed by atoms with Crippen LogP contribution < -0.4 is 0 Å². The smallest absolute Gasteiger partial charge is 0.0625 e. The van der Waals surface area contributed by atoms with E-state index in [-0.39, 0.29) is 0 Å². The van der Waals surface area contributed by atoms with Gasteiger partial charge in [0.15, 0.2) is 0 Å². The van der Waals surface area contributed by atoms with E-state index in [9.17, 15) is 0 Å². The molecule has 1 saturated heterocycles. The van der Waals surface area contributed by atoms with Crippen LogP contribution in [0, 0.1) is 5.92 Å². The van der Waals surface area contributed by atoms with Gasteiger partial charge in [0.25, 0.3) is 0 Å². The van der Waals surface area contributed by atoms with Crippen LogP contribution in [0.2, 0.25) is 0 Å². The van der Waals surface area contributed by atoms with Gasteiger partial charge in [0.1, 0.15) is 0 Å². The fourth-order valence-corrected chi connectivity index (χ4v) is 2.71. The number of oxime groups is 1. The molecule has 1 aromatic heterocycles. The van der Waals surface area contributed by atoms with Crippen molar-refractivity contribution in [2.75, 3.05) is 13.1 Å². The highest BCUT2D eigenvalue weighted by atomic mass is 16.4. The lowest BCUT2D eigenvalue weighted by Gasteiger charge is -2.31. The molecule has 0 radical (unpaired) electrons. The number of rotatable bonds is 4. The van der Waals surface area contributed by atoms with Gasteiger partial charge in [-0.05, 0) is 19.4 Å². The molecule has 0 saturated carbocycles. The Bertz CT molecular complexity index is 452. The van der Waals surface area contributed by atoms with Crippen molar-refractivity contribution in [3.8, 4) is 0 Å². The SMILES string of the molecule is CCc1cc(CN2CC/C(=N/O)C(C)C2)n(CC)n1. The summed E-state index contributed by atoms with van der Waals surface area (Å²) >= 11 is 0. The van der Waals surface area contributed by atoms with Crippen molar-refractivity contribution in [3.63, 3.8) is 0 Å². The summed E-state index contributed by atoms with van der Waals surface area (Å²) in [5.41, 5.74) is 3.38. The number of aromatic nitrogens is 2. The molecule has 19 heavy (non-hydrogen) atoms. The minimum Gasteiger partial charge on any atom is -0.411 e. The monoisotopic (exact) mass is 264 g/mol. The summed E-state index contributed by atoms with van der Waals surface area (Å²) in [4.78, 5) is 2.42. The third-order valence-corrected chi connectivity index (χ3v) is 3.87. The molecule has 0 amide bonds. The molecule has 2 heterocycles. The topological polar surface area (TPSA) is 53.6 Å². The Labute approximate surface area is 114 Å². The predicted molar refractivity (Wildman–Crippen MR) is 75.6 cm³/mol. The van der Waals surface area contributed by atoms with Crippen molar-refractivity contribution >= 4 is 5.71 Å². The molecule has 1 aromatic rings. The van der Waals surface area contributed by atoms with Gasteiger partial charge >= 0.3 is 0 Å². The highest BCUT2D eigenvalue weighted by Crippen LogP contribution is 2.17. The van der Waals surface area contributed by atoms with E-state index in [2.05, 4.69) is 46.7 Å². The Morgan fingerprint density at radius 3 is 2.84 bits per heavy atom. The summed E-state index contributed by atoms with van der Waals surface area (Å²) in [6.45, 7) is 10.2. The third kappa shape index (κ3) is 3.15. The zero-order valence-corrected chi connectivity index (χ0v) is 12.1. The summed E-state index contributed by atoms with van der Waals surface area (Å²) in [5, 5.41) is 16.9. The quantitative estimate of drug-likeness (QED) is 0.669. The zero-order valence-electron chi connectivity index (χ0n) is 12.1. The van der Waals surface area contributed by atoms with Crippen LogP contribution in [0.1, 0.15) is 38.6 Å². The molecule has 0 aromatic carbocycles. The van der Waals surface area contributed by atoms with E-state index in [0.717, 1.165) is 44.7 Å². The lowest BCUT2D eigenvalue weighted by molar-refractivity contribution is 0.223. The van der Waals surface area contributed by atoms with E-state index in [1.165, 1.54) is 11.4 Å². The highest BCUT2D eigenvalue weighted by Gasteiger charge is 2.23. The van der Waals surface area contributed by atoms with Crippen molar-refractivity contribution in [3.05, 3.63) is 17.5 Å². The van der Waals surface area contributed by atoms with Crippen LogP contribution in [0.3, 0.4) is 0 Å². The van der Waals surface area contributed by atoms with Crippen molar-refractivity contribution in [1.82, 2.24) is 14.7 Å². The predicted octanol–water partition coefficient (Wildman–Crippen LogP) is 2.14. The van der Waals surface area contributed by atoms with E-state index in [4.69, 9.17) is 5.21 Å². The molecule has 0 bridgehead atoms. The summed E-state index contributed by atoms with van der Waals surface area (Å²) in [6, 6.07) is 2.21. The van der Waals surface area contributed by atoms with Crippen molar-refractivity contribution in [2.45, 2.75) is 46.7 Å². The van der Waals surface area contributed by atoms with E-state index in [1.54, 1.807) is 0 Å². The van der Waals surface area contributed by atoms with Crippen LogP contribution in [0.5, 0.6) is 0 Å². The number of hydrogen-bond donors (Lipinski definition) is 1. The third-order valence-electron chi connectivity index (χ3n) is 3.87. The fourth-order valence-electron chi connectivity index (χ4n) is 2.71. The molecular formula is C14H24N4O. The van der Waals surface area contributed by atoms with Crippen LogP contribution in [-0.4, -0.2) is 38.7 Å². The number of likely N-dealkylation sites (tertiary alicyclic amines) is 1. The summed E-state index contributed by atoms with van der Waals surface area (Å²) < 4.78 is 2.10. The van der Waals surface area contributed by atoms with Gasteiger partial charge in [0.2, 0.25) is 0 Å². The molecule has 2 rings (SSSR count). The van der Waals surface area contributed by atoms with Gasteiger partial charge in [0.05, 0.1) is 17.1 Å². The van der Waals surface area contributed by atoms with Crippen LogP contribution in [-0.2, 0) is 19.5 Å².